The Hall–Kier alpha value is -1.74. The number of halogens is 2. The Labute approximate surface area is 116 Å². The van der Waals surface area contributed by atoms with Crippen LogP contribution >= 0.6 is 11.6 Å². The van der Waals surface area contributed by atoms with Crippen molar-refractivity contribution in [1.82, 2.24) is 0 Å². The Kier molecular flexibility index (Phi) is 4.63. The Morgan fingerprint density at radius 3 is 2.68 bits per heavy atom. The molecule has 0 aliphatic rings. The van der Waals surface area contributed by atoms with E-state index in [4.69, 9.17) is 21.1 Å². The number of rotatable bonds is 5. The van der Waals surface area contributed by atoms with Gasteiger partial charge in [-0.05, 0) is 23.8 Å². The van der Waals surface area contributed by atoms with Crippen molar-refractivity contribution in [2.45, 2.75) is 12.5 Å². The van der Waals surface area contributed by atoms with E-state index in [9.17, 15) is 4.39 Å². The van der Waals surface area contributed by atoms with Gasteiger partial charge in [0.25, 0.3) is 0 Å². The molecule has 2 rings (SSSR count). The quantitative estimate of drug-likeness (QED) is 0.766. The summed E-state index contributed by atoms with van der Waals surface area (Å²) < 4.78 is 24.1. The molecule has 0 bridgehead atoms. The minimum atomic E-state index is -0.354. The van der Waals surface area contributed by atoms with Gasteiger partial charge in [0.2, 0.25) is 0 Å². The predicted octanol–water partition coefficient (Wildman–Crippen LogP) is 4.15. The van der Waals surface area contributed by atoms with Gasteiger partial charge in [-0.3, -0.25) is 0 Å². The first-order valence-corrected chi connectivity index (χ1v) is 6.36. The summed E-state index contributed by atoms with van der Waals surface area (Å²) in [5, 5.41) is 0. The molecule has 100 valence electrons. The lowest BCUT2D eigenvalue weighted by Gasteiger charge is -2.10. The van der Waals surface area contributed by atoms with Gasteiger partial charge >= 0.3 is 0 Å². The molecule has 0 saturated carbocycles. The maximum atomic E-state index is 13.3. The zero-order chi connectivity index (χ0) is 13.7. The SMILES string of the molecule is COc1ccccc1COc1cc(F)cc(CCl)c1. The van der Waals surface area contributed by atoms with Gasteiger partial charge in [0.1, 0.15) is 23.9 Å². The Balaban J connectivity index is 2.12. The zero-order valence-corrected chi connectivity index (χ0v) is 11.3. The van der Waals surface area contributed by atoms with Gasteiger partial charge in [0.15, 0.2) is 0 Å². The molecule has 0 atom stereocenters. The number of para-hydroxylation sites is 1. The van der Waals surface area contributed by atoms with Crippen LogP contribution in [-0.4, -0.2) is 7.11 Å². The average molecular weight is 281 g/mol. The van der Waals surface area contributed by atoms with Crippen molar-refractivity contribution in [3.63, 3.8) is 0 Å². The summed E-state index contributed by atoms with van der Waals surface area (Å²) in [5.74, 6) is 1.11. The molecule has 0 radical (unpaired) electrons. The van der Waals surface area contributed by atoms with Crippen LogP contribution in [0.25, 0.3) is 0 Å². The molecule has 0 N–H and O–H groups in total. The van der Waals surface area contributed by atoms with Crippen LogP contribution in [0.2, 0.25) is 0 Å². The van der Waals surface area contributed by atoms with E-state index in [2.05, 4.69) is 0 Å². The third-order valence-electron chi connectivity index (χ3n) is 2.67. The molecule has 0 aromatic heterocycles. The zero-order valence-electron chi connectivity index (χ0n) is 10.5. The van der Waals surface area contributed by atoms with Gasteiger partial charge in [0, 0.05) is 17.5 Å². The fraction of sp³-hybridized carbons (Fsp3) is 0.200. The van der Waals surface area contributed by atoms with Crippen molar-refractivity contribution in [3.05, 3.63) is 59.4 Å². The highest BCUT2D eigenvalue weighted by Gasteiger charge is 2.05. The van der Waals surface area contributed by atoms with E-state index in [1.165, 1.54) is 12.1 Å². The second-order valence-corrected chi connectivity index (χ2v) is 4.30. The van der Waals surface area contributed by atoms with Gasteiger partial charge in [-0.25, -0.2) is 4.39 Å². The summed E-state index contributed by atoms with van der Waals surface area (Å²) in [7, 11) is 1.60. The van der Waals surface area contributed by atoms with Crippen LogP contribution in [0.5, 0.6) is 11.5 Å². The van der Waals surface area contributed by atoms with E-state index >= 15 is 0 Å². The highest BCUT2D eigenvalue weighted by molar-refractivity contribution is 6.17. The van der Waals surface area contributed by atoms with Crippen LogP contribution in [0.1, 0.15) is 11.1 Å². The maximum Gasteiger partial charge on any atom is 0.127 e. The van der Waals surface area contributed by atoms with Gasteiger partial charge in [-0.1, -0.05) is 18.2 Å². The molecule has 2 aromatic rings. The monoisotopic (exact) mass is 280 g/mol. The molecule has 0 spiro atoms. The molecule has 2 nitrogen and oxygen atoms in total. The van der Waals surface area contributed by atoms with E-state index in [0.29, 0.717) is 17.9 Å². The molecule has 4 heteroatoms. The minimum Gasteiger partial charge on any atom is -0.496 e. The summed E-state index contributed by atoms with van der Waals surface area (Å²) in [4.78, 5) is 0. The summed E-state index contributed by atoms with van der Waals surface area (Å²) >= 11 is 5.69. The number of benzene rings is 2. The van der Waals surface area contributed by atoms with Crippen LogP contribution in [0.15, 0.2) is 42.5 Å². The Morgan fingerprint density at radius 1 is 1.16 bits per heavy atom. The van der Waals surface area contributed by atoms with Crippen LogP contribution in [0.4, 0.5) is 4.39 Å². The van der Waals surface area contributed by atoms with Crippen molar-refractivity contribution >= 4 is 11.6 Å². The number of ether oxygens (including phenoxy) is 2. The standard InChI is InChI=1S/C15H14ClFO2/c1-18-15-5-3-2-4-12(15)10-19-14-7-11(9-16)6-13(17)8-14/h2-8H,9-10H2,1H3. The van der Waals surface area contributed by atoms with Gasteiger partial charge < -0.3 is 9.47 Å². The normalized spacial score (nSPS) is 10.3. The second-order valence-electron chi connectivity index (χ2n) is 4.03. The van der Waals surface area contributed by atoms with Crippen molar-refractivity contribution in [2.24, 2.45) is 0 Å². The third kappa shape index (κ3) is 3.61. The van der Waals surface area contributed by atoms with Gasteiger partial charge in [0.05, 0.1) is 7.11 Å². The van der Waals surface area contributed by atoms with E-state index in [0.717, 1.165) is 11.3 Å². The molecule has 0 aliphatic carbocycles. The summed E-state index contributed by atoms with van der Waals surface area (Å²) in [5.41, 5.74) is 1.60. The lowest BCUT2D eigenvalue weighted by molar-refractivity contribution is 0.295. The molecule has 0 unspecified atom stereocenters. The van der Waals surface area contributed by atoms with Crippen LogP contribution in [0, 0.1) is 5.82 Å². The third-order valence-corrected chi connectivity index (χ3v) is 2.98. The highest BCUT2D eigenvalue weighted by Crippen LogP contribution is 2.22. The van der Waals surface area contributed by atoms with Crippen molar-refractivity contribution < 1.29 is 13.9 Å². The minimum absolute atomic E-state index is 0.253. The predicted molar refractivity (Wildman–Crippen MR) is 73.3 cm³/mol. The topological polar surface area (TPSA) is 18.5 Å². The van der Waals surface area contributed by atoms with Crippen LogP contribution in [-0.2, 0) is 12.5 Å². The van der Waals surface area contributed by atoms with Gasteiger partial charge in [-0.2, -0.15) is 0 Å². The van der Waals surface area contributed by atoms with Crippen LogP contribution < -0.4 is 9.47 Å². The Bertz CT molecular complexity index is 558. The first-order valence-electron chi connectivity index (χ1n) is 5.83. The van der Waals surface area contributed by atoms with E-state index < -0.39 is 0 Å². The van der Waals surface area contributed by atoms with E-state index in [1.807, 2.05) is 24.3 Å². The number of alkyl halides is 1. The smallest absolute Gasteiger partial charge is 0.127 e. The molecule has 19 heavy (non-hydrogen) atoms. The van der Waals surface area contributed by atoms with E-state index in [1.54, 1.807) is 13.2 Å². The summed E-state index contributed by atoms with van der Waals surface area (Å²) in [6, 6.07) is 12.0. The Morgan fingerprint density at radius 2 is 1.95 bits per heavy atom. The number of hydrogen-bond donors (Lipinski definition) is 0. The molecule has 0 aliphatic heterocycles. The van der Waals surface area contributed by atoms with Crippen molar-refractivity contribution in [3.8, 4) is 11.5 Å². The molecule has 2 aromatic carbocycles. The summed E-state index contributed by atoms with van der Waals surface area (Å²) in [6.07, 6.45) is 0. The molecule has 0 heterocycles. The van der Waals surface area contributed by atoms with Crippen LogP contribution in [0.3, 0.4) is 0 Å². The molecule has 0 saturated heterocycles. The lowest BCUT2D eigenvalue weighted by atomic mass is 10.2. The summed E-state index contributed by atoms with van der Waals surface area (Å²) in [6.45, 7) is 0.315. The number of methoxy groups -OCH3 is 1. The fourth-order valence-corrected chi connectivity index (χ4v) is 1.92. The first kappa shape index (κ1) is 13.7. The first-order chi connectivity index (χ1) is 9.22. The van der Waals surface area contributed by atoms with Crippen molar-refractivity contribution in [1.29, 1.82) is 0 Å². The highest BCUT2D eigenvalue weighted by atomic mass is 35.5. The van der Waals surface area contributed by atoms with Crippen molar-refractivity contribution in [2.75, 3.05) is 7.11 Å². The lowest BCUT2D eigenvalue weighted by Crippen LogP contribution is -1.99. The average Bonchev–Trinajstić information content (AvgIpc) is 2.44. The van der Waals surface area contributed by atoms with E-state index in [-0.39, 0.29) is 11.7 Å². The maximum absolute atomic E-state index is 13.3. The fourth-order valence-electron chi connectivity index (χ4n) is 1.76. The molecule has 0 fully saturated rings. The molecular formula is C15H14ClFO2. The van der Waals surface area contributed by atoms with Gasteiger partial charge in [-0.15, -0.1) is 11.6 Å². The molecular weight excluding hydrogens is 267 g/mol. The molecule has 0 amide bonds. The number of hydrogen-bond acceptors (Lipinski definition) is 2. The second kappa shape index (κ2) is 6.43. The largest absolute Gasteiger partial charge is 0.496 e.